The normalized spacial score (nSPS) is 11.8. The van der Waals surface area contributed by atoms with Crippen molar-refractivity contribution in [3.8, 4) is 0 Å². The van der Waals surface area contributed by atoms with Crippen molar-refractivity contribution in [2.24, 2.45) is 5.14 Å². The van der Waals surface area contributed by atoms with Crippen molar-refractivity contribution >= 4 is 38.3 Å². The number of rotatable bonds is 3. The molecule has 0 saturated carbocycles. The first-order valence-corrected chi connectivity index (χ1v) is 6.43. The van der Waals surface area contributed by atoms with Gasteiger partial charge in [0.15, 0.2) is 10.7 Å². The zero-order chi connectivity index (χ0) is 13.4. The number of hydrogen-bond acceptors (Lipinski definition) is 5. The number of nitro groups is 1. The highest BCUT2D eigenvalue weighted by atomic mass is 127. The number of pyridine rings is 1. The van der Waals surface area contributed by atoms with Crippen molar-refractivity contribution in [3.63, 3.8) is 0 Å². The van der Waals surface area contributed by atoms with Crippen LogP contribution in [-0.2, 0) is 10.0 Å². The molecule has 11 heteroatoms. The number of sulfonamides is 1. The molecule has 1 heterocycles. The minimum Gasteiger partial charge on any atom is -0.258 e. The Morgan fingerprint density at radius 2 is 2.06 bits per heavy atom. The summed E-state index contributed by atoms with van der Waals surface area (Å²) in [5, 5.41) is 14.4. The van der Waals surface area contributed by atoms with Crippen LogP contribution < -0.4 is 5.14 Å². The van der Waals surface area contributed by atoms with Crippen LogP contribution in [0.4, 0.5) is 14.5 Å². The van der Waals surface area contributed by atoms with Crippen molar-refractivity contribution in [1.29, 1.82) is 0 Å². The predicted octanol–water partition coefficient (Wildman–Crippen LogP) is 1.18. The molecule has 0 spiro atoms. The quantitative estimate of drug-likeness (QED) is 0.481. The zero-order valence-corrected chi connectivity index (χ0v) is 10.8. The van der Waals surface area contributed by atoms with Crippen molar-refractivity contribution < 1.29 is 22.1 Å². The molecule has 0 aliphatic rings. The van der Waals surface area contributed by atoms with E-state index in [1.54, 1.807) is 0 Å². The van der Waals surface area contributed by atoms with E-state index in [1.165, 1.54) is 22.6 Å². The Morgan fingerprint density at radius 1 is 1.53 bits per heavy atom. The van der Waals surface area contributed by atoms with Crippen LogP contribution in [0.2, 0.25) is 0 Å². The molecule has 1 aromatic heterocycles. The van der Waals surface area contributed by atoms with Crippen molar-refractivity contribution in [1.82, 2.24) is 4.98 Å². The van der Waals surface area contributed by atoms with Gasteiger partial charge in [0.25, 0.3) is 16.4 Å². The molecule has 0 atom stereocenters. The molecule has 0 fully saturated rings. The van der Waals surface area contributed by atoms with Crippen molar-refractivity contribution in [3.05, 3.63) is 25.4 Å². The third-order valence-electron chi connectivity index (χ3n) is 1.63. The molecule has 0 unspecified atom stereocenters. The lowest BCUT2D eigenvalue weighted by Gasteiger charge is -2.05. The van der Waals surface area contributed by atoms with Gasteiger partial charge in [0, 0.05) is 0 Å². The van der Waals surface area contributed by atoms with Gasteiger partial charge >= 0.3 is 5.69 Å². The number of hydrogen-bond donors (Lipinski definition) is 1. The summed E-state index contributed by atoms with van der Waals surface area (Å²) in [7, 11) is -4.30. The molecule has 0 aromatic carbocycles. The second-order valence-corrected chi connectivity index (χ2v) is 5.45. The van der Waals surface area contributed by atoms with Crippen LogP contribution in [0.25, 0.3) is 0 Å². The monoisotopic (exact) mass is 379 g/mol. The van der Waals surface area contributed by atoms with Crippen molar-refractivity contribution in [2.75, 3.05) is 0 Å². The number of nitrogens with zero attached hydrogens (tertiary/aromatic N) is 2. The lowest BCUT2D eigenvalue weighted by molar-refractivity contribution is -0.387. The first kappa shape index (κ1) is 14.1. The van der Waals surface area contributed by atoms with E-state index in [0.717, 1.165) is 6.07 Å². The smallest absolute Gasteiger partial charge is 0.258 e. The highest BCUT2D eigenvalue weighted by Crippen LogP contribution is 2.32. The summed E-state index contributed by atoms with van der Waals surface area (Å²) >= 11 is 1.37. The van der Waals surface area contributed by atoms with Crippen LogP contribution >= 0.6 is 22.6 Å². The summed E-state index contributed by atoms with van der Waals surface area (Å²) in [6, 6.07) is 0.764. The van der Waals surface area contributed by atoms with Gasteiger partial charge in [0.05, 0.1) is 8.49 Å². The molecule has 1 rings (SSSR count). The van der Waals surface area contributed by atoms with Gasteiger partial charge in [0.1, 0.15) is 0 Å². The van der Waals surface area contributed by atoms with E-state index in [0.29, 0.717) is 0 Å². The minimum atomic E-state index is -4.30. The fourth-order valence-corrected chi connectivity index (χ4v) is 2.47. The Morgan fingerprint density at radius 3 is 2.41 bits per heavy atom. The Labute approximate surface area is 107 Å². The van der Waals surface area contributed by atoms with E-state index in [9.17, 15) is 27.3 Å². The summed E-state index contributed by atoms with van der Waals surface area (Å²) in [4.78, 5) is 12.5. The van der Waals surface area contributed by atoms with E-state index in [-0.39, 0.29) is 3.57 Å². The van der Waals surface area contributed by atoms with Gasteiger partial charge in [0.2, 0.25) is 0 Å². The van der Waals surface area contributed by atoms with E-state index >= 15 is 0 Å². The summed E-state index contributed by atoms with van der Waals surface area (Å²) in [6.45, 7) is 0. The Hall–Kier alpha value is -0.950. The third-order valence-corrected chi connectivity index (χ3v) is 3.24. The van der Waals surface area contributed by atoms with E-state index in [4.69, 9.17) is 5.14 Å². The van der Waals surface area contributed by atoms with Crippen molar-refractivity contribution in [2.45, 2.75) is 11.5 Å². The second kappa shape index (κ2) is 4.73. The SMILES string of the molecule is NS(=O)(=O)c1cc(I)c([N+](=O)[O-])c(C(F)F)n1. The van der Waals surface area contributed by atoms with E-state index in [1.807, 2.05) is 0 Å². The van der Waals surface area contributed by atoms with Gasteiger partial charge in [-0.15, -0.1) is 0 Å². The summed E-state index contributed by atoms with van der Waals surface area (Å²) in [6.07, 6.45) is -3.27. The molecule has 7 nitrogen and oxygen atoms in total. The highest BCUT2D eigenvalue weighted by Gasteiger charge is 2.29. The predicted molar refractivity (Wildman–Crippen MR) is 59.9 cm³/mol. The lowest BCUT2D eigenvalue weighted by atomic mass is 10.3. The molecule has 0 radical (unpaired) electrons. The Bertz CT molecular complexity index is 577. The minimum absolute atomic E-state index is 0.276. The number of nitrogens with two attached hydrogens (primary N) is 1. The first-order valence-electron chi connectivity index (χ1n) is 3.80. The molecular formula is C6H4F2IN3O4S. The Kier molecular flexibility index (Phi) is 3.93. The van der Waals surface area contributed by atoms with Gasteiger partial charge in [-0.25, -0.2) is 27.3 Å². The number of primary sulfonamides is 1. The van der Waals surface area contributed by atoms with Crippen LogP contribution in [0, 0.1) is 13.7 Å². The standard InChI is InChI=1S/C6H4F2IN3O4S/c7-6(8)4-5(12(13)14)2(9)1-3(11-4)17(10,15)16/h1,6H,(H2,10,15,16). The van der Waals surface area contributed by atoms with Crippen LogP contribution in [0.15, 0.2) is 11.1 Å². The van der Waals surface area contributed by atoms with E-state index < -0.39 is 37.8 Å². The van der Waals surface area contributed by atoms with Gasteiger partial charge in [-0.2, -0.15) is 0 Å². The molecule has 0 amide bonds. The lowest BCUT2D eigenvalue weighted by Crippen LogP contribution is -2.16. The first-order chi connectivity index (χ1) is 7.64. The highest BCUT2D eigenvalue weighted by molar-refractivity contribution is 14.1. The summed E-state index contributed by atoms with van der Waals surface area (Å²) in [5.74, 6) is 0. The maximum Gasteiger partial charge on any atom is 0.309 e. The molecule has 0 aliphatic carbocycles. The molecule has 94 valence electrons. The van der Waals surface area contributed by atoms with Gasteiger partial charge < -0.3 is 0 Å². The van der Waals surface area contributed by atoms with E-state index in [2.05, 4.69) is 4.98 Å². The van der Waals surface area contributed by atoms with Crippen LogP contribution in [0.5, 0.6) is 0 Å². The molecule has 17 heavy (non-hydrogen) atoms. The average Bonchev–Trinajstić information content (AvgIpc) is 2.13. The maximum absolute atomic E-state index is 12.5. The molecule has 0 aliphatic heterocycles. The third kappa shape index (κ3) is 3.04. The van der Waals surface area contributed by atoms with Crippen LogP contribution in [0.3, 0.4) is 0 Å². The number of alkyl halides is 2. The molecular weight excluding hydrogens is 375 g/mol. The molecule has 0 bridgehead atoms. The number of aromatic nitrogens is 1. The molecule has 0 saturated heterocycles. The fourth-order valence-electron chi connectivity index (χ4n) is 0.982. The second-order valence-electron chi connectivity index (χ2n) is 2.78. The summed E-state index contributed by atoms with van der Waals surface area (Å²) < 4.78 is 46.7. The molecule has 1 aromatic rings. The van der Waals surface area contributed by atoms with Gasteiger partial charge in [-0.3, -0.25) is 10.1 Å². The van der Waals surface area contributed by atoms with Crippen LogP contribution in [-0.4, -0.2) is 18.3 Å². The van der Waals surface area contributed by atoms with Gasteiger partial charge in [-0.05, 0) is 28.7 Å². The Balaban J connectivity index is 3.64. The van der Waals surface area contributed by atoms with Gasteiger partial charge in [-0.1, -0.05) is 0 Å². The number of halogens is 3. The average molecular weight is 379 g/mol. The molecule has 2 N–H and O–H groups in total. The fraction of sp³-hybridized carbons (Fsp3) is 0.167. The maximum atomic E-state index is 12.5. The van der Waals surface area contributed by atoms with Crippen LogP contribution in [0.1, 0.15) is 12.1 Å². The largest absolute Gasteiger partial charge is 0.309 e. The topological polar surface area (TPSA) is 116 Å². The zero-order valence-electron chi connectivity index (χ0n) is 7.80. The summed E-state index contributed by atoms with van der Waals surface area (Å²) in [5.41, 5.74) is -2.14.